The molecule has 0 amide bonds. The number of benzene rings is 1. The van der Waals surface area contributed by atoms with E-state index in [-0.39, 0.29) is 0 Å². The van der Waals surface area contributed by atoms with Crippen LogP contribution in [0.15, 0.2) is 36.4 Å². The van der Waals surface area contributed by atoms with Crippen LogP contribution in [0.3, 0.4) is 0 Å². The summed E-state index contributed by atoms with van der Waals surface area (Å²) in [4.78, 5) is 1.96. The fourth-order valence-electron chi connectivity index (χ4n) is 2.52. The van der Waals surface area contributed by atoms with Crippen LogP contribution in [0.5, 0.6) is 5.75 Å². The van der Waals surface area contributed by atoms with E-state index in [0.717, 1.165) is 36.7 Å². The van der Waals surface area contributed by atoms with Gasteiger partial charge in [0, 0.05) is 20.0 Å². The van der Waals surface area contributed by atoms with Crippen molar-refractivity contribution in [2.75, 3.05) is 25.6 Å². The van der Waals surface area contributed by atoms with Crippen LogP contribution in [0.2, 0.25) is 0 Å². The predicted molar refractivity (Wildman–Crippen MR) is 79.2 cm³/mol. The normalized spacial score (nSPS) is 17.2. The molecule has 1 atom stereocenters. The van der Waals surface area contributed by atoms with E-state index in [4.69, 9.17) is 4.74 Å². The molecule has 1 aliphatic heterocycles. The molecule has 4 heteroatoms. The van der Waals surface area contributed by atoms with Gasteiger partial charge in [-0.3, -0.25) is 0 Å². The molecule has 0 fully saturated rings. The van der Waals surface area contributed by atoms with Gasteiger partial charge in [0.1, 0.15) is 5.75 Å². The Hall–Kier alpha value is -2.10. The Morgan fingerprint density at radius 2 is 2.00 bits per heavy atom. The lowest BCUT2D eigenvalue weighted by Gasteiger charge is -2.24. The van der Waals surface area contributed by atoms with Gasteiger partial charge in [0.25, 0.3) is 0 Å². The monoisotopic (exact) mass is 269 g/mol. The molecule has 0 radical (unpaired) electrons. The van der Waals surface area contributed by atoms with Gasteiger partial charge in [-0.1, -0.05) is 18.2 Å². The van der Waals surface area contributed by atoms with E-state index in [9.17, 15) is 0 Å². The number of hydrogen-bond donors (Lipinski definition) is 0. The zero-order chi connectivity index (χ0) is 13.9. The molecule has 2 aromatic rings. The highest BCUT2D eigenvalue weighted by Crippen LogP contribution is 2.28. The summed E-state index contributed by atoms with van der Waals surface area (Å²) in [5.41, 5.74) is 2.32. The summed E-state index contributed by atoms with van der Waals surface area (Å²) in [7, 11) is 3.94. The molecule has 0 N–H and O–H groups in total. The first-order valence-corrected chi connectivity index (χ1v) is 6.93. The van der Waals surface area contributed by atoms with Gasteiger partial charge in [-0.2, -0.15) is 5.10 Å². The number of rotatable bonds is 3. The quantitative estimate of drug-likeness (QED) is 0.857. The van der Waals surface area contributed by atoms with Crippen molar-refractivity contribution in [1.82, 2.24) is 10.2 Å². The molecule has 0 spiro atoms. The van der Waals surface area contributed by atoms with Crippen LogP contribution in [0, 0.1) is 5.92 Å². The minimum absolute atomic E-state index is 0.476. The highest BCUT2D eigenvalue weighted by atomic mass is 16.5. The lowest BCUT2D eigenvalue weighted by atomic mass is 9.93. The summed E-state index contributed by atoms with van der Waals surface area (Å²) in [5.74, 6) is 2.39. The van der Waals surface area contributed by atoms with Crippen LogP contribution in [0.1, 0.15) is 11.3 Å². The van der Waals surface area contributed by atoms with Gasteiger partial charge >= 0.3 is 0 Å². The molecule has 0 saturated heterocycles. The molecule has 0 unspecified atom stereocenters. The first-order valence-electron chi connectivity index (χ1n) is 6.93. The fourth-order valence-corrected chi connectivity index (χ4v) is 2.52. The van der Waals surface area contributed by atoms with E-state index in [0.29, 0.717) is 5.92 Å². The number of para-hydroxylation sites is 1. The Balaban J connectivity index is 1.67. The number of aromatic nitrogens is 2. The molecule has 1 aromatic heterocycles. The predicted octanol–water partition coefficient (Wildman–Crippen LogP) is 2.34. The van der Waals surface area contributed by atoms with Crippen LogP contribution in [-0.4, -0.2) is 30.9 Å². The van der Waals surface area contributed by atoms with Crippen LogP contribution in [0.25, 0.3) is 0 Å². The summed E-state index contributed by atoms with van der Waals surface area (Å²) < 4.78 is 5.81. The Bertz CT molecular complexity index is 581. The third-order valence-corrected chi connectivity index (χ3v) is 3.62. The Morgan fingerprint density at radius 1 is 1.15 bits per heavy atom. The molecule has 1 aromatic carbocycles. The second kappa shape index (κ2) is 5.49. The standard InChI is InChI=1S/C16H19N3O/c1-19(2)16-8-7-14(17-18-16)10-12-9-13-5-3-4-6-15(13)20-11-12/h3-8,12H,9-11H2,1-2H3/t12-/m1/s1. The van der Waals surface area contributed by atoms with E-state index < -0.39 is 0 Å². The largest absolute Gasteiger partial charge is 0.493 e. The van der Waals surface area contributed by atoms with Crippen LogP contribution in [-0.2, 0) is 12.8 Å². The first-order chi connectivity index (χ1) is 9.72. The number of hydrogen-bond acceptors (Lipinski definition) is 4. The Kier molecular flexibility index (Phi) is 3.54. The van der Waals surface area contributed by atoms with Crippen molar-refractivity contribution in [3.63, 3.8) is 0 Å². The summed E-state index contributed by atoms with van der Waals surface area (Å²) in [6, 6.07) is 12.3. The number of nitrogens with zero attached hydrogens (tertiary/aromatic N) is 3. The van der Waals surface area contributed by atoms with Crippen molar-refractivity contribution in [3.05, 3.63) is 47.7 Å². The minimum Gasteiger partial charge on any atom is -0.493 e. The average Bonchev–Trinajstić information content (AvgIpc) is 2.48. The molecule has 0 bridgehead atoms. The third kappa shape index (κ3) is 2.74. The summed E-state index contributed by atoms with van der Waals surface area (Å²) in [5, 5.41) is 8.53. The van der Waals surface area contributed by atoms with E-state index in [1.165, 1.54) is 5.56 Å². The van der Waals surface area contributed by atoms with Gasteiger partial charge < -0.3 is 9.64 Å². The van der Waals surface area contributed by atoms with Crippen molar-refractivity contribution in [3.8, 4) is 5.75 Å². The van der Waals surface area contributed by atoms with E-state index in [2.05, 4.69) is 28.4 Å². The Labute approximate surface area is 119 Å². The lowest BCUT2D eigenvalue weighted by Crippen LogP contribution is -2.23. The van der Waals surface area contributed by atoms with Crippen molar-refractivity contribution >= 4 is 5.82 Å². The van der Waals surface area contributed by atoms with Gasteiger partial charge in [-0.05, 0) is 36.6 Å². The molecule has 104 valence electrons. The molecule has 0 saturated carbocycles. The average molecular weight is 269 g/mol. The fraction of sp³-hybridized carbons (Fsp3) is 0.375. The first kappa shape index (κ1) is 12.9. The van der Waals surface area contributed by atoms with Crippen LogP contribution < -0.4 is 9.64 Å². The van der Waals surface area contributed by atoms with Gasteiger partial charge in [-0.25, -0.2) is 0 Å². The minimum atomic E-state index is 0.476. The third-order valence-electron chi connectivity index (χ3n) is 3.62. The lowest BCUT2D eigenvalue weighted by molar-refractivity contribution is 0.220. The maximum absolute atomic E-state index is 5.81. The second-order valence-electron chi connectivity index (χ2n) is 5.47. The molecule has 1 aliphatic rings. The van der Waals surface area contributed by atoms with E-state index in [1.807, 2.05) is 37.2 Å². The van der Waals surface area contributed by atoms with Gasteiger partial charge in [0.15, 0.2) is 5.82 Å². The molecule has 20 heavy (non-hydrogen) atoms. The molecule has 2 heterocycles. The topological polar surface area (TPSA) is 38.2 Å². The van der Waals surface area contributed by atoms with E-state index >= 15 is 0 Å². The van der Waals surface area contributed by atoms with Crippen molar-refractivity contribution < 1.29 is 4.74 Å². The molecular weight excluding hydrogens is 250 g/mol. The SMILES string of the molecule is CN(C)c1ccc(C[C@@H]2COc3ccccc3C2)nn1. The van der Waals surface area contributed by atoms with Gasteiger partial charge in [0.2, 0.25) is 0 Å². The van der Waals surface area contributed by atoms with Gasteiger partial charge in [-0.15, -0.1) is 5.10 Å². The highest BCUT2D eigenvalue weighted by Gasteiger charge is 2.20. The number of fused-ring (bicyclic) bond motifs is 1. The highest BCUT2D eigenvalue weighted by molar-refractivity contribution is 5.36. The van der Waals surface area contributed by atoms with Crippen molar-refractivity contribution in [2.45, 2.75) is 12.8 Å². The molecule has 4 nitrogen and oxygen atoms in total. The van der Waals surface area contributed by atoms with E-state index in [1.54, 1.807) is 0 Å². The smallest absolute Gasteiger partial charge is 0.150 e. The summed E-state index contributed by atoms with van der Waals surface area (Å²) >= 11 is 0. The van der Waals surface area contributed by atoms with Crippen LogP contribution in [0.4, 0.5) is 5.82 Å². The van der Waals surface area contributed by atoms with Crippen LogP contribution >= 0.6 is 0 Å². The zero-order valence-corrected chi connectivity index (χ0v) is 11.9. The molecule has 0 aliphatic carbocycles. The second-order valence-corrected chi connectivity index (χ2v) is 5.47. The maximum Gasteiger partial charge on any atom is 0.150 e. The maximum atomic E-state index is 5.81. The summed E-state index contributed by atoms with van der Waals surface area (Å²) in [6.45, 7) is 0.758. The zero-order valence-electron chi connectivity index (χ0n) is 11.9. The number of ether oxygens (including phenoxy) is 1. The van der Waals surface area contributed by atoms with Gasteiger partial charge in [0.05, 0.1) is 12.3 Å². The molecule has 3 rings (SSSR count). The number of anilines is 1. The molecular formula is C16H19N3O. The van der Waals surface area contributed by atoms with Crippen molar-refractivity contribution in [1.29, 1.82) is 0 Å². The summed E-state index contributed by atoms with van der Waals surface area (Å²) in [6.07, 6.45) is 1.96. The van der Waals surface area contributed by atoms with Crippen molar-refractivity contribution in [2.24, 2.45) is 5.92 Å². The Morgan fingerprint density at radius 3 is 2.75 bits per heavy atom.